The molecule has 2 N–H and O–H groups in total. The second-order valence-electron chi connectivity index (χ2n) is 7.12. The van der Waals surface area contributed by atoms with Crippen LogP contribution in [0.2, 0.25) is 0 Å². The largest absolute Gasteiger partial charge is 0.392 e. The van der Waals surface area contributed by atoms with E-state index >= 15 is 0 Å². The molecule has 5 heteroatoms. The number of aromatic nitrogens is 4. The van der Waals surface area contributed by atoms with Gasteiger partial charge in [-0.3, -0.25) is 0 Å². The first-order valence-electron chi connectivity index (χ1n) is 9.30. The number of aromatic amines is 1. The zero-order valence-electron chi connectivity index (χ0n) is 15.6. The molecule has 0 saturated carbocycles. The number of rotatable bonds is 4. The predicted octanol–water partition coefficient (Wildman–Crippen LogP) is 4.38. The average Bonchev–Trinajstić information content (AvgIpc) is 3.30. The van der Waals surface area contributed by atoms with Gasteiger partial charge >= 0.3 is 0 Å². The molecule has 0 amide bonds. The molecule has 0 saturated heterocycles. The van der Waals surface area contributed by atoms with Gasteiger partial charge in [-0.1, -0.05) is 30.3 Å². The van der Waals surface area contributed by atoms with E-state index in [4.69, 9.17) is 4.98 Å². The van der Waals surface area contributed by atoms with E-state index in [2.05, 4.69) is 45.9 Å². The van der Waals surface area contributed by atoms with E-state index in [1.807, 2.05) is 42.6 Å². The normalized spacial score (nSPS) is 11.5. The van der Waals surface area contributed by atoms with Crippen LogP contribution in [0.15, 0.2) is 67.0 Å². The highest BCUT2D eigenvalue weighted by Gasteiger charge is 2.13. The molecule has 2 aliphatic heterocycles. The first-order chi connectivity index (χ1) is 13.7. The Morgan fingerprint density at radius 2 is 1.89 bits per heavy atom. The Morgan fingerprint density at radius 1 is 1.00 bits per heavy atom. The van der Waals surface area contributed by atoms with Crippen molar-refractivity contribution in [1.29, 1.82) is 0 Å². The van der Waals surface area contributed by atoms with Gasteiger partial charge in [0.2, 0.25) is 0 Å². The van der Waals surface area contributed by atoms with Crippen LogP contribution < -0.4 is 0 Å². The van der Waals surface area contributed by atoms with Crippen molar-refractivity contribution >= 4 is 11.0 Å². The Hall–Kier alpha value is -3.44. The molecule has 0 bridgehead atoms. The number of pyridine rings is 1. The Labute approximate surface area is 162 Å². The molecule has 0 fully saturated rings. The first-order valence-corrected chi connectivity index (χ1v) is 9.30. The summed E-state index contributed by atoms with van der Waals surface area (Å²) in [6, 6.07) is 18.2. The number of imidazole rings is 1. The molecule has 2 aliphatic rings. The van der Waals surface area contributed by atoms with Gasteiger partial charge in [0.15, 0.2) is 0 Å². The second-order valence-corrected chi connectivity index (χ2v) is 7.12. The number of hydrogen-bond donors (Lipinski definition) is 2. The van der Waals surface area contributed by atoms with Gasteiger partial charge in [-0.25, -0.2) is 9.97 Å². The van der Waals surface area contributed by atoms with Crippen molar-refractivity contribution in [2.75, 3.05) is 0 Å². The van der Waals surface area contributed by atoms with Crippen LogP contribution in [0.3, 0.4) is 0 Å². The van der Waals surface area contributed by atoms with Crippen molar-refractivity contribution in [1.82, 2.24) is 19.5 Å². The van der Waals surface area contributed by atoms with E-state index in [1.165, 1.54) is 5.56 Å². The monoisotopic (exact) mass is 368 g/mol. The van der Waals surface area contributed by atoms with Gasteiger partial charge in [0, 0.05) is 23.5 Å². The van der Waals surface area contributed by atoms with Crippen molar-refractivity contribution in [3.8, 4) is 22.5 Å². The third-order valence-electron chi connectivity index (χ3n) is 5.04. The molecule has 5 nitrogen and oxygen atoms in total. The molecule has 0 spiro atoms. The summed E-state index contributed by atoms with van der Waals surface area (Å²) in [5, 5.41) is 9.60. The lowest BCUT2D eigenvalue weighted by molar-refractivity contribution is 0.282. The summed E-state index contributed by atoms with van der Waals surface area (Å²) < 4.78 is 2.11. The van der Waals surface area contributed by atoms with Crippen LogP contribution in [0, 0.1) is 6.92 Å². The highest BCUT2D eigenvalue weighted by Crippen LogP contribution is 2.30. The van der Waals surface area contributed by atoms with Crippen molar-refractivity contribution < 1.29 is 5.11 Å². The third kappa shape index (κ3) is 2.96. The summed E-state index contributed by atoms with van der Waals surface area (Å²) in [6.07, 6.45) is 4.11. The summed E-state index contributed by atoms with van der Waals surface area (Å²) in [5.41, 5.74) is 8.02. The lowest BCUT2D eigenvalue weighted by atomic mass is 10.1. The molecule has 0 aliphatic carbocycles. The highest BCUT2D eigenvalue weighted by atomic mass is 16.3. The topological polar surface area (TPSA) is 66.7 Å². The average molecular weight is 368 g/mol. The summed E-state index contributed by atoms with van der Waals surface area (Å²) in [5.74, 6) is 0.926. The van der Waals surface area contributed by atoms with Gasteiger partial charge < -0.3 is 14.7 Å². The molecule has 3 aromatic rings. The lowest BCUT2D eigenvalue weighted by Gasteiger charge is -2.06. The van der Waals surface area contributed by atoms with Crippen LogP contribution in [-0.2, 0) is 13.2 Å². The zero-order chi connectivity index (χ0) is 19.1. The number of H-pyrrole nitrogens is 1. The van der Waals surface area contributed by atoms with Gasteiger partial charge in [-0.15, -0.1) is 0 Å². The number of aliphatic hydroxyl groups is 1. The smallest absolute Gasteiger partial charge is 0.127 e. The van der Waals surface area contributed by atoms with Crippen LogP contribution in [0.4, 0.5) is 0 Å². The molecule has 3 heterocycles. The SMILES string of the molecule is Cc1ccc2nc(Cn3ccc4nc(-c5ccccc5CO)cc-4c3)[nH]c2c1. The number of aryl methyl sites for hydroxylation is 1. The summed E-state index contributed by atoms with van der Waals surface area (Å²) >= 11 is 0. The van der Waals surface area contributed by atoms with Crippen LogP contribution in [0.5, 0.6) is 0 Å². The van der Waals surface area contributed by atoms with E-state index in [-0.39, 0.29) is 6.61 Å². The maximum atomic E-state index is 9.60. The van der Waals surface area contributed by atoms with Gasteiger partial charge in [0.25, 0.3) is 0 Å². The molecule has 28 heavy (non-hydrogen) atoms. The van der Waals surface area contributed by atoms with Gasteiger partial charge in [0.1, 0.15) is 5.82 Å². The van der Waals surface area contributed by atoms with Gasteiger partial charge in [-0.2, -0.15) is 0 Å². The first kappa shape index (κ1) is 16.7. The van der Waals surface area contributed by atoms with Crippen LogP contribution in [0.25, 0.3) is 33.5 Å². The van der Waals surface area contributed by atoms with Crippen molar-refractivity contribution in [2.45, 2.75) is 20.1 Å². The van der Waals surface area contributed by atoms with Crippen molar-refractivity contribution in [3.63, 3.8) is 0 Å². The fraction of sp³-hybridized carbons (Fsp3) is 0.130. The molecule has 5 rings (SSSR count). The molecule has 0 radical (unpaired) electrons. The molecule has 138 valence electrons. The molecular formula is C23H20N4O. The summed E-state index contributed by atoms with van der Waals surface area (Å²) in [4.78, 5) is 12.8. The van der Waals surface area contributed by atoms with Crippen LogP contribution >= 0.6 is 0 Å². The van der Waals surface area contributed by atoms with E-state index in [0.717, 1.165) is 44.9 Å². The highest BCUT2D eigenvalue weighted by molar-refractivity contribution is 5.76. The number of aliphatic hydroxyl groups excluding tert-OH is 1. The minimum Gasteiger partial charge on any atom is -0.392 e. The van der Waals surface area contributed by atoms with Gasteiger partial charge in [0.05, 0.1) is 35.6 Å². The molecular weight excluding hydrogens is 348 g/mol. The second kappa shape index (κ2) is 6.62. The molecule has 0 unspecified atom stereocenters. The van der Waals surface area contributed by atoms with Crippen LogP contribution in [0.1, 0.15) is 17.0 Å². The number of fused-ring (bicyclic) bond motifs is 2. The fourth-order valence-corrected chi connectivity index (χ4v) is 3.64. The van der Waals surface area contributed by atoms with Crippen LogP contribution in [-0.4, -0.2) is 24.6 Å². The number of nitrogens with one attached hydrogen (secondary N) is 1. The lowest BCUT2D eigenvalue weighted by Crippen LogP contribution is -2.02. The van der Waals surface area contributed by atoms with Crippen molar-refractivity contribution in [2.24, 2.45) is 0 Å². The number of nitrogens with zero attached hydrogens (tertiary/aromatic N) is 3. The predicted molar refractivity (Wildman–Crippen MR) is 110 cm³/mol. The summed E-state index contributed by atoms with van der Waals surface area (Å²) in [7, 11) is 0. The Morgan fingerprint density at radius 3 is 2.79 bits per heavy atom. The Bertz CT molecular complexity index is 1250. The van der Waals surface area contributed by atoms with E-state index in [1.54, 1.807) is 0 Å². The molecule has 0 atom stereocenters. The van der Waals surface area contributed by atoms with E-state index < -0.39 is 0 Å². The number of benzene rings is 2. The molecule has 2 aromatic carbocycles. The Kier molecular flexibility index (Phi) is 3.95. The Balaban J connectivity index is 1.48. The minimum atomic E-state index is 0.00487. The third-order valence-corrected chi connectivity index (χ3v) is 5.04. The standard InChI is InChI=1S/C23H20N4O/c1-15-6-7-20-22(10-15)26-23(25-20)13-27-9-8-19-17(12-27)11-21(24-19)18-5-3-2-4-16(18)14-28/h2-12,28H,13-14H2,1H3,(H,25,26). The maximum absolute atomic E-state index is 9.60. The zero-order valence-corrected chi connectivity index (χ0v) is 15.6. The minimum absolute atomic E-state index is 0.00487. The molecule has 1 aromatic heterocycles. The quantitative estimate of drug-likeness (QED) is 0.495. The van der Waals surface area contributed by atoms with E-state index in [9.17, 15) is 5.11 Å². The van der Waals surface area contributed by atoms with Crippen molar-refractivity contribution in [3.05, 3.63) is 83.9 Å². The fourth-order valence-electron chi connectivity index (χ4n) is 3.64. The number of hydrogen-bond acceptors (Lipinski definition) is 3. The maximum Gasteiger partial charge on any atom is 0.127 e. The van der Waals surface area contributed by atoms with Gasteiger partial charge in [-0.05, 0) is 42.3 Å². The van der Waals surface area contributed by atoms with E-state index in [0.29, 0.717) is 6.54 Å². The summed E-state index contributed by atoms with van der Waals surface area (Å²) in [6.45, 7) is 2.75.